The monoisotopic (exact) mass is 192 g/mol. The quantitative estimate of drug-likeness (QED) is 0.601. The van der Waals surface area contributed by atoms with Crippen LogP contribution in [0.2, 0.25) is 0 Å². The highest BCUT2D eigenvalue weighted by Gasteiger charge is 2.25. The van der Waals surface area contributed by atoms with E-state index in [2.05, 4.69) is 21.2 Å². The first-order valence-electron chi connectivity index (χ1n) is 2.82. The summed E-state index contributed by atoms with van der Waals surface area (Å²) in [5.74, 6) is 0. The Morgan fingerprint density at radius 3 is 2.89 bits per heavy atom. The Bertz CT molecular complexity index is 128. The Hall–Kier alpha value is -0.250. The number of nitrogens with zero attached hydrogens (tertiary/aromatic N) is 1. The molecule has 0 aromatic heterocycles. The van der Waals surface area contributed by atoms with Crippen molar-refractivity contribution in [1.82, 2.24) is 10.2 Å². The Kier molecular flexibility index (Phi) is 1.95. The minimum atomic E-state index is 0.0273. The molecule has 0 radical (unpaired) electrons. The minimum absolute atomic E-state index is 0.0273. The maximum absolute atomic E-state index is 10.7. The number of likely N-dealkylation sites (N-methyl/N-ethyl adjacent to an activating group) is 1. The fraction of sp³-hybridized carbons (Fsp3) is 0.800. The van der Waals surface area contributed by atoms with Gasteiger partial charge in [-0.2, -0.15) is 0 Å². The molecule has 0 spiro atoms. The Labute approximate surface area is 62.5 Å². The molecule has 1 heterocycles. The van der Waals surface area contributed by atoms with Crippen LogP contribution in [0, 0.1) is 0 Å². The summed E-state index contributed by atoms with van der Waals surface area (Å²) < 4.78 is 0. The fourth-order valence-electron chi connectivity index (χ4n) is 0.791. The van der Waals surface area contributed by atoms with Crippen molar-refractivity contribution in [3.63, 3.8) is 0 Å². The molecule has 1 saturated heterocycles. The zero-order valence-electron chi connectivity index (χ0n) is 5.22. The number of urea groups is 1. The molecular formula is C5H9BrN2O. The highest BCUT2D eigenvalue weighted by atomic mass is 79.9. The third-order valence-electron chi connectivity index (χ3n) is 1.54. The number of alkyl halides is 1. The molecule has 1 aliphatic heterocycles. The van der Waals surface area contributed by atoms with Gasteiger partial charge >= 0.3 is 6.03 Å². The number of carbonyl (C=O) groups excluding carboxylic acids is 1. The molecule has 0 aliphatic carbocycles. The lowest BCUT2D eigenvalue weighted by Gasteiger charge is -2.13. The van der Waals surface area contributed by atoms with Gasteiger partial charge in [0.1, 0.15) is 0 Å². The third kappa shape index (κ3) is 1.18. The van der Waals surface area contributed by atoms with Crippen molar-refractivity contribution >= 4 is 22.0 Å². The maximum atomic E-state index is 10.7. The molecule has 1 atom stereocenters. The van der Waals surface area contributed by atoms with Gasteiger partial charge in [-0.1, -0.05) is 15.9 Å². The van der Waals surface area contributed by atoms with Crippen LogP contribution in [0.3, 0.4) is 0 Å². The van der Waals surface area contributed by atoms with Crippen molar-refractivity contribution < 1.29 is 4.79 Å². The highest BCUT2D eigenvalue weighted by molar-refractivity contribution is 9.09. The van der Waals surface area contributed by atoms with Crippen molar-refractivity contribution in [2.24, 2.45) is 0 Å². The molecule has 3 nitrogen and oxygen atoms in total. The van der Waals surface area contributed by atoms with E-state index in [1.54, 1.807) is 11.9 Å². The van der Waals surface area contributed by atoms with Gasteiger partial charge in [-0.3, -0.25) is 0 Å². The summed E-state index contributed by atoms with van der Waals surface area (Å²) in [6, 6.07) is 0.358. The fourth-order valence-corrected chi connectivity index (χ4v) is 1.45. The largest absolute Gasteiger partial charge is 0.336 e. The summed E-state index contributed by atoms with van der Waals surface area (Å²) in [7, 11) is 1.80. The van der Waals surface area contributed by atoms with Crippen LogP contribution in [-0.4, -0.2) is 35.9 Å². The molecular weight excluding hydrogens is 184 g/mol. The van der Waals surface area contributed by atoms with E-state index in [-0.39, 0.29) is 6.03 Å². The Balaban J connectivity index is 2.51. The van der Waals surface area contributed by atoms with Crippen LogP contribution >= 0.6 is 15.9 Å². The first-order chi connectivity index (χ1) is 4.25. The molecule has 0 unspecified atom stereocenters. The molecule has 4 heteroatoms. The van der Waals surface area contributed by atoms with Gasteiger partial charge in [-0.05, 0) is 0 Å². The van der Waals surface area contributed by atoms with E-state index < -0.39 is 0 Å². The van der Waals surface area contributed by atoms with Crippen molar-refractivity contribution in [3.05, 3.63) is 0 Å². The lowest BCUT2D eigenvalue weighted by molar-refractivity contribution is 0.219. The van der Waals surface area contributed by atoms with E-state index in [0.717, 1.165) is 11.9 Å². The van der Waals surface area contributed by atoms with Crippen LogP contribution in [-0.2, 0) is 0 Å². The molecule has 9 heavy (non-hydrogen) atoms. The Morgan fingerprint density at radius 2 is 2.67 bits per heavy atom. The van der Waals surface area contributed by atoms with Crippen molar-refractivity contribution in [2.45, 2.75) is 6.04 Å². The van der Waals surface area contributed by atoms with Gasteiger partial charge in [0.2, 0.25) is 0 Å². The lowest BCUT2D eigenvalue weighted by Crippen LogP contribution is -2.30. The van der Waals surface area contributed by atoms with E-state index in [0.29, 0.717) is 6.04 Å². The number of hydrogen-bond donors (Lipinski definition) is 1. The molecule has 0 bridgehead atoms. The van der Waals surface area contributed by atoms with Gasteiger partial charge < -0.3 is 10.2 Å². The smallest absolute Gasteiger partial charge is 0.317 e. The van der Waals surface area contributed by atoms with Crippen LogP contribution in [0.15, 0.2) is 0 Å². The van der Waals surface area contributed by atoms with Gasteiger partial charge in [-0.15, -0.1) is 0 Å². The van der Waals surface area contributed by atoms with Gasteiger partial charge in [0.15, 0.2) is 0 Å². The topological polar surface area (TPSA) is 32.3 Å². The SMILES string of the molecule is CN1C(=O)NC[C@@H]1CBr. The third-order valence-corrected chi connectivity index (χ3v) is 2.28. The second-order valence-electron chi connectivity index (χ2n) is 2.11. The number of carbonyl (C=O) groups is 1. The number of rotatable bonds is 1. The average molecular weight is 193 g/mol. The summed E-state index contributed by atoms with van der Waals surface area (Å²) in [6.07, 6.45) is 0. The van der Waals surface area contributed by atoms with Gasteiger partial charge in [0, 0.05) is 18.9 Å². The standard InChI is InChI=1S/C5H9BrN2O/c1-8-4(2-6)3-7-5(8)9/h4H,2-3H2,1H3,(H,7,9)/t4-/m0/s1. The van der Waals surface area contributed by atoms with Crippen molar-refractivity contribution in [3.8, 4) is 0 Å². The molecule has 0 aromatic carbocycles. The molecule has 52 valence electrons. The van der Waals surface area contributed by atoms with Gasteiger partial charge in [0.25, 0.3) is 0 Å². The summed E-state index contributed by atoms with van der Waals surface area (Å²) in [4.78, 5) is 12.4. The second kappa shape index (κ2) is 2.56. The van der Waals surface area contributed by atoms with Gasteiger partial charge in [-0.25, -0.2) is 4.79 Å². The maximum Gasteiger partial charge on any atom is 0.317 e. The lowest BCUT2D eigenvalue weighted by atomic mass is 10.3. The normalized spacial score (nSPS) is 26.7. The second-order valence-corrected chi connectivity index (χ2v) is 2.75. The minimum Gasteiger partial charge on any atom is -0.336 e. The van der Waals surface area contributed by atoms with Crippen molar-refractivity contribution in [1.29, 1.82) is 0 Å². The number of amides is 2. The summed E-state index contributed by atoms with van der Waals surface area (Å²) in [6.45, 7) is 0.764. The Morgan fingerprint density at radius 1 is 2.00 bits per heavy atom. The van der Waals surface area contributed by atoms with Gasteiger partial charge in [0.05, 0.1) is 6.04 Å². The van der Waals surface area contributed by atoms with E-state index in [9.17, 15) is 4.79 Å². The zero-order valence-corrected chi connectivity index (χ0v) is 6.81. The summed E-state index contributed by atoms with van der Waals surface area (Å²) in [5.41, 5.74) is 0. The molecule has 2 amide bonds. The molecule has 1 rings (SSSR count). The van der Waals surface area contributed by atoms with Crippen molar-refractivity contribution in [2.75, 3.05) is 18.9 Å². The summed E-state index contributed by atoms with van der Waals surface area (Å²) >= 11 is 3.31. The predicted molar refractivity (Wildman–Crippen MR) is 38.7 cm³/mol. The van der Waals surface area contributed by atoms with E-state index in [1.165, 1.54) is 0 Å². The highest BCUT2D eigenvalue weighted by Crippen LogP contribution is 2.05. The predicted octanol–water partition coefficient (Wildman–Crippen LogP) is 0.405. The van der Waals surface area contributed by atoms with Crippen LogP contribution in [0.25, 0.3) is 0 Å². The van der Waals surface area contributed by atoms with Crippen LogP contribution in [0.1, 0.15) is 0 Å². The first-order valence-corrected chi connectivity index (χ1v) is 3.94. The van der Waals surface area contributed by atoms with E-state index >= 15 is 0 Å². The molecule has 1 N–H and O–H groups in total. The molecule has 1 aliphatic rings. The molecule has 1 fully saturated rings. The number of hydrogen-bond acceptors (Lipinski definition) is 1. The number of nitrogens with one attached hydrogen (secondary N) is 1. The first kappa shape index (κ1) is 6.86. The van der Waals surface area contributed by atoms with Crippen LogP contribution < -0.4 is 5.32 Å². The zero-order chi connectivity index (χ0) is 6.85. The van der Waals surface area contributed by atoms with Crippen LogP contribution in [0.4, 0.5) is 4.79 Å². The van der Waals surface area contributed by atoms with E-state index in [4.69, 9.17) is 0 Å². The average Bonchev–Trinajstić information content (AvgIpc) is 2.15. The van der Waals surface area contributed by atoms with Crippen LogP contribution in [0.5, 0.6) is 0 Å². The number of halogens is 1. The summed E-state index contributed by atoms with van der Waals surface area (Å²) in [5, 5.41) is 3.58. The van der Waals surface area contributed by atoms with E-state index in [1.807, 2.05) is 0 Å². The molecule has 0 saturated carbocycles. The molecule has 0 aromatic rings.